The minimum absolute atomic E-state index is 0.0250. The van der Waals surface area contributed by atoms with Crippen molar-refractivity contribution in [3.05, 3.63) is 35.4 Å². The molecule has 0 bridgehead atoms. The number of rotatable bonds is 3. The second kappa shape index (κ2) is 6.24. The van der Waals surface area contributed by atoms with Gasteiger partial charge in [-0.3, -0.25) is 4.79 Å². The Morgan fingerprint density at radius 1 is 1.28 bits per heavy atom. The van der Waals surface area contributed by atoms with Crippen LogP contribution in [-0.4, -0.2) is 17.8 Å². The van der Waals surface area contributed by atoms with Gasteiger partial charge < -0.3 is 5.32 Å². The summed E-state index contributed by atoms with van der Waals surface area (Å²) in [5.74, 6) is 1.09. The van der Waals surface area contributed by atoms with Crippen LogP contribution in [0.1, 0.15) is 41.6 Å². The number of nitrogens with one attached hydrogen (secondary N) is 1. The van der Waals surface area contributed by atoms with Gasteiger partial charge in [-0.15, -0.1) is 11.6 Å². The molecule has 0 heterocycles. The van der Waals surface area contributed by atoms with Gasteiger partial charge in [-0.25, -0.2) is 0 Å². The average Bonchev–Trinajstić information content (AvgIpc) is 2.40. The molecule has 1 N–H and O–H groups in total. The fourth-order valence-electron chi connectivity index (χ4n) is 2.54. The highest BCUT2D eigenvalue weighted by Gasteiger charge is 2.25. The zero-order chi connectivity index (χ0) is 13.0. The van der Waals surface area contributed by atoms with Crippen LogP contribution in [-0.2, 0) is 0 Å². The molecular formula is C15H20ClNO. The average molecular weight is 266 g/mol. The number of benzene rings is 1. The molecule has 98 valence electrons. The largest absolute Gasteiger partial charge is 0.349 e. The summed E-state index contributed by atoms with van der Waals surface area (Å²) in [4.78, 5) is 12.1. The maximum atomic E-state index is 12.1. The van der Waals surface area contributed by atoms with E-state index in [0.29, 0.717) is 11.8 Å². The lowest BCUT2D eigenvalue weighted by Gasteiger charge is -2.30. The fraction of sp³-hybridized carbons (Fsp3) is 0.533. The monoisotopic (exact) mass is 265 g/mol. The van der Waals surface area contributed by atoms with Gasteiger partial charge >= 0.3 is 0 Å². The van der Waals surface area contributed by atoms with Crippen LogP contribution in [0.3, 0.4) is 0 Å². The fourth-order valence-corrected chi connectivity index (χ4v) is 2.91. The van der Waals surface area contributed by atoms with Crippen molar-refractivity contribution in [2.24, 2.45) is 5.92 Å². The predicted molar refractivity (Wildman–Crippen MR) is 75.1 cm³/mol. The molecule has 0 saturated heterocycles. The summed E-state index contributed by atoms with van der Waals surface area (Å²) in [6, 6.07) is 7.93. The van der Waals surface area contributed by atoms with Gasteiger partial charge in [0, 0.05) is 17.5 Å². The lowest BCUT2D eigenvalue weighted by molar-refractivity contribution is 0.0911. The number of carbonyl (C=O) groups is 1. The molecule has 3 heteroatoms. The molecule has 2 rings (SSSR count). The molecule has 1 aromatic rings. The normalized spacial score (nSPS) is 23.7. The highest BCUT2D eigenvalue weighted by molar-refractivity contribution is 6.18. The Balaban J connectivity index is 1.99. The van der Waals surface area contributed by atoms with E-state index in [2.05, 4.69) is 5.32 Å². The Kier molecular flexibility index (Phi) is 4.65. The van der Waals surface area contributed by atoms with Crippen molar-refractivity contribution in [3.8, 4) is 0 Å². The third-order valence-corrected chi connectivity index (χ3v) is 4.13. The van der Waals surface area contributed by atoms with Crippen LogP contribution >= 0.6 is 11.6 Å². The Morgan fingerprint density at radius 2 is 1.94 bits per heavy atom. The third kappa shape index (κ3) is 3.26. The molecule has 1 fully saturated rings. The first-order chi connectivity index (χ1) is 8.70. The van der Waals surface area contributed by atoms with E-state index in [0.717, 1.165) is 18.4 Å². The molecule has 2 nitrogen and oxygen atoms in total. The SMILES string of the molecule is Cc1ccc(C(=O)NC2CCCCC2CCl)cc1. The minimum atomic E-state index is 0.0250. The summed E-state index contributed by atoms with van der Waals surface area (Å²) in [7, 11) is 0. The van der Waals surface area contributed by atoms with Crippen molar-refractivity contribution in [3.63, 3.8) is 0 Å². The summed E-state index contributed by atoms with van der Waals surface area (Å²) in [5, 5.41) is 3.13. The van der Waals surface area contributed by atoms with Crippen molar-refractivity contribution in [2.45, 2.75) is 38.6 Å². The Bertz CT molecular complexity index is 401. The highest BCUT2D eigenvalue weighted by Crippen LogP contribution is 2.25. The van der Waals surface area contributed by atoms with Gasteiger partial charge in [-0.1, -0.05) is 30.5 Å². The zero-order valence-corrected chi connectivity index (χ0v) is 11.5. The van der Waals surface area contributed by atoms with Crippen LogP contribution in [0.2, 0.25) is 0 Å². The predicted octanol–water partition coefficient (Wildman–Crippen LogP) is 3.52. The number of amides is 1. The van der Waals surface area contributed by atoms with E-state index in [9.17, 15) is 4.79 Å². The van der Waals surface area contributed by atoms with Crippen LogP contribution in [0.15, 0.2) is 24.3 Å². The number of alkyl halides is 1. The molecule has 1 aliphatic carbocycles. The maximum Gasteiger partial charge on any atom is 0.251 e. The topological polar surface area (TPSA) is 29.1 Å². The standard InChI is InChI=1S/C15H20ClNO/c1-11-6-8-12(9-7-11)15(18)17-14-5-3-2-4-13(14)10-16/h6-9,13-14H,2-5,10H2,1H3,(H,17,18). The first kappa shape index (κ1) is 13.4. The van der Waals surface area contributed by atoms with Crippen LogP contribution in [0.5, 0.6) is 0 Å². The number of carbonyl (C=O) groups excluding carboxylic acids is 1. The molecule has 1 aliphatic rings. The molecule has 1 aromatic carbocycles. The van der Waals surface area contributed by atoms with Crippen LogP contribution in [0.4, 0.5) is 0 Å². The van der Waals surface area contributed by atoms with Gasteiger partial charge in [0.25, 0.3) is 5.91 Å². The van der Waals surface area contributed by atoms with E-state index in [-0.39, 0.29) is 11.9 Å². The molecule has 0 aliphatic heterocycles. The van der Waals surface area contributed by atoms with Gasteiger partial charge in [0.05, 0.1) is 0 Å². The lowest BCUT2D eigenvalue weighted by Crippen LogP contribution is -2.42. The van der Waals surface area contributed by atoms with Gasteiger partial charge in [-0.05, 0) is 37.8 Å². The summed E-state index contributed by atoms with van der Waals surface area (Å²) < 4.78 is 0. The van der Waals surface area contributed by atoms with Crippen molar-refractivity contribution >= 4 is 17.5 Å². The zero-order valence-electron chi connectivity index (χ0n) is 10.8. The number of halogens is 1. The molecule has 1 saturated carbocycles. The highest BCUT2D eigenvalue weighted by atomic mass is 35.5. The summed E-state index contributed by atoms with van der Waals surface area (Å²) in [6.45, 7) is 2.02. The van der Waals surface area contributed by atoms with E-state index < -0.39 is 0 Å². The number of aryl methyl sites for hydroxylation is 1. The van der Waals surface area contributed by atoms with Gasteiger partial charge in [-0.2, -0.15) is 0 Å². The molecule has 2 unspecified atom stereocenters. The van der Waals surface area contributed by atoms with Gasteiger partial charge in [0.2, 0.25) is 0 Å². The Labute approximate surface area is 114 Å². The smallest absolute Gasteiger partial charge is 0.251 e. The Hall–Kier alpha value is -1.02. The minimum Gasteiger partial charge on any atom is -0.349 e. The van der Waals surface area contributed by atoms with Crippen LogP contribution in [0.25, 0.3) is 0 Å². The van der Waals surface area contributed by atoms with Crippen LogP contribution < -0.4 is 5.32 Å². The summed E-state index contributed by atoms with van der Waals surface area (Å²) in [5.41, 5.74) is 1.90. The lowest BCUT2D eigenvalue weighted by atomic mass is 9.85. The quantitative estimate of drug-likeness (QED) is 0.833. The van der Waals surface area contributed by atoms with Crippen molar-refractivity contribution in [1.29, 1.82) is 0 Å². The molecule has 1 amide bonds. The second-order valence-corrected chi connectivity index (χ2v) is 5.45. The molecule has 18 heavy (non-hydrogen) atoms. The van der Waals surface area contributed by atoms with E-state index in [1.807, 2.05) is 31.2 Å². The molecule has 0 spiro atoms. The molecule has 2 atom stereocenters. The van der Waals surface area contributed by atoms with Gasteiger partial charge in [0.15, 0.2) is 0 Å². The molecule has 0 aromatic heterocycles. The molecule has 0 radical (unpaired) electrons. The summed E-state index contributed by atoms with van der Waals surface area (Å²) >= 11 is 5.97. The van der Waals surface area contributed by atoms with Crippen LogP contribution in [0, 0.1) is 12.8 Å². The maximum absolute atomic E-state index is 12.1. The molecular weight excluding hydrogens is 246 g/mol. The van der Waals surface area contributed by atoms with Crippen molar-refractivity contribution in [1.82, 2.24) is 5.32 Å². The van der Waals surface area contributed by atoms with Gasteiger partial charge in [0.1, 0.15) is 0 Å². The van der Waals surface area contributed by atoms with E-state index >= 15 is 0 Å². The number of hydrogen-bond donors (Lipinski definition) is 1. The first-order valence-electron chi connectivity index (χ1n) is 6.64. The first-order valence-corrected chi connectivity index (χ1v) is 7.17. The van der Waals surface area contributed by atoms with Crippen molar-refractivity contribution < 1.29 is 4.79 Å². The van der Waals surface area contributed by atoms with Crippen molar-refractivity contribution in [2.75, 3.05) is 5.88 Å². The second-order valence-electron chi connectivity index (χ2n) is 5.14. The van der Waals surface area contributed by atoms with E-state index in [4.69, 9.17) is 11.6 Å². The van der Waals surface area contributed by atoms with E-state index in [1.165, 1.54) is 18.4 Å². The van der Waals surface area contributed by atoms with E-state index in [1.54, 1.807) is 0 Å². The summed E-state index contributed by atoms with van der Waals surface area (Å²) in [6.07, 6.45) is 4.60. The Morgan fingerprint density at radius 3 is 2.61 bits per heavy atom. The number of hydrogen-bond acceptors (Lipinski definition) is 1. The third-order valence-electron chi connectivity index (χ3n) is 3.74.